The van der Waals surface area contributed by atoms with Crippen LogP contribution >= 0.6 is 15.9 Å². The predicted molar refractivity (Wildman–Crippen MR) is 83.0 cm³/mol. The van der Waals surface area contributed by atoms with Crippen LogP contribution < -0.4 is 10.9 Å². The number of halogens is 1. The molecule has 1 saturated carbocycles. The molecule has 0 aliphatic heterocycles. The summed E-state index contributed by atoms with van der Waals surface area (Å²) >= 11 is 3.43. The van der Waals surface area contributed by atoms with Crippen molar-refractivity contribution >= 4 is 21.7 Å². The summed E-state index contributed by atoms with van der Waals surface area (Å²) in [6.45, 7) is 2.06. The molecule has 4 nitrogen and oxygen atoms in total. The molecule has 1 unspecified atom stereocenters. The molecule has 0 spiro atoms. The normalized spacial score (nSPS) is 15.9. The predicted octanol–water partition coefficient (Wildman–Crippen LogP) is 3.58. The van der Waals surface area contributed by atoms with Crippen molar-refractivity contribution in [3.05, 3.63) is 56.5 Å². The quantitative estimate of drug-likeness (QED) is 0.898. The number of nitrogens with one attached hydrogen (secondary N) is 2. The molecule has 1 aromatic heterocycles. The van der Waals surface area contributed by atoms with Crippen molar-refractivity contribution in [1.82, 2.24) is 9.97 Å². The molecule has 1 aromatic carbocycles. The SMILES string of the molecule is CC(Nc1cc(=O)[nH]c(C2CC2)n1)c1ccc(Br)cc1. The van der Waals surface area contributed by atoms with Crippen molar-refractivity contribution in [3.63, 3.8) is 0 Å². The average Bonchev–Trinajstić information content (AvgIpc) is 3.23. The van der Waals surface area contributed by atoms with E-state index in [0.29, 0.717) is 11.7 Å². The highest BCUT2D eigenvalue weighted by molar-refractivity contribution is 9.10. The van der Waals surface area contributed by atoms with E-state index in [4.69, 9.17) is 0 Å². The molecule has 0 bridgehead atoms. The Bertz CT molecular complexity index is 662. The topological polar surface area (TPSA) is 57.8 Å². The van der Waals surface area contributed by atoms with E-state index in [9.17, 15) is 4.79 Å². The van der Waals surface area contributed by atoms with Gasteiger partial charge in [0.2, 0.25) is 0 Å². The summed E-state index contributed by atoms with van der Waals surface area (Å²) in [6.07, 6.45) is 2.24. The second-order valence-corrected chi connectivity index (χ2v) is 6.12. The highest BCUT2D eigenvalue weighted by Gasteiger charge is 2.26. The fourth-order valence-corrected chi connectivity index (χ4v) is 2.42. The van der Waals surface area contributed by atoms with E-state index in [0.717, 1.165) is 28.7 Å². The molecule has 2 N–H and O–H groups in total. The molecule has 1 heterocycles. The maximum Gasteiger partial charge on any atom is 0.252 e. The maximum absolute atomic E-state index is 11.7. The van der Waals surface area contributed by atoms with Crippen molar-refractivity contribution in [2.45, 2.75) is 31.7 Å². The molecule has 104 valence electrons. The van der Waals surface area contributed by atoms with Gasteiger partial charge in [0, 0.05) is 22.5 Å². The van der Waals surface area contributed by atoms with Gasteiger partial charge in [0.05, 0.1) is 0 Å². The lowest BCUT2D eigenvalue weighted by atomic mass is 10.1. The average molecular weight is 334 g/mol. The second-order valence-electron chi connectivity index (χ2n) is 5.21. The van der Waals surface area contributed by atoms with Gasteiger partial charge in [-0.1, -0.05) is 28.1 Å². The van der Waals surface area contributed by atoms with Crippen molar-refractivity contribution in [3.8, 4) is 0 Å². The van der Waals surface area contributed by atoms with E-state index >= 15 is 0 Å². The summed E-state index contributed by atoms with van der Waals surface area (Å²) in [4.78, 5) is 19.0. The zero-order chi connectivity index (χ0) is 14.1. The monoisotopic (exact) mass is 333 g/mol. The van der Waals surface area contributed by atoms with Gasteiger partial charge in [0.1, 0.15) is 11.6 Å². The molecular formula is C15H16BrN3O. The molecule has 3 rings (SSSR count). The number of hydrogen-bond donors (Lipinski definition) is 2. The minimum absolute atomic E-state index is 0.0904. The second kappa shape index (κ2) is 5.40. The lowest BCUT2D eigenvalue weighted by molar-refractivity contribution is 0.848. The van der Waals surface area contributed by atoms with Crippen LogP contribution in [-0.4, -0.2) is 9.97 Å². The van der Waals surface area contributed by atoms with Gasteiger partial charge in [-0.05, 0) is 37.5 Å². The highest BCUT2D eigenvalue weighted by Crippen LogP contribution is 2.37. The van der Waals surface area contributed by atoms with Gasteiger partial charge in [0.25, 0.3) is 5.56 Å². The molecule has 1 aliphatic rings. The fourth-order valence-electron chi connectivity index (χ4n) is 2.16. The van der Waals surface area contributed by atoms with Crippen molar-refractivity contribution in [1.29, 1.82) is 0 Å². The van der Waals surface area contributed by atoms with E-state index in [1.54, 1.807) is 0 Å². The largest absolute Gasteiger partial charge is 0.363 e. The number of H-pyrrole nitrogens is 1. The summed E-state index contributed by atoms with van der Waals surface area (Å²) in [7, 11) is 0. The number of hydrogen-bond acceptors (Lipinski definition) is 3. The number of anilines is 1. The van der Waals surface area contributed by atoms with E-state index in [1.807, 2.05) is 12.1 Å². The summed E-state index contributed by atoms with van der Waals surface area (Å²) < 4.78 is 1.05. The standard InChI is InChI=1S/C15H16BrN3O/c1-9(10-4-6-12(16)7-5-10)17-13-8-14(20)19-15(18-13)11-2-3-11/h4-9,11H,2-3H2,1H3,(H2,17,18,19,20). The fraction of sp³-hybridized carbons (Fsp3) is 0.333. The van der Waals surface area contributed by atoms with Crippen molar-refractivity contribution < 1.29 is 0 Å². The molecule has 0 amide bonds. The van der Waals surface area contributed by atoms with Crippen LogP contribution in [0.2, 0.25) is 0 Å². The van der Waals surface area contributed by atoms with Crippen LogP contribution in [0.15, 0.2) is 39.6 Å². The zero-order valence-electron chi connectivity index (χ0n) is 11.2. The van der Waals surface area contributed by atoms with Gasteiger partial charge in [-0.25, -0.2) is 4.98 Å². The Labute approximate surface area is 125 Å². The number of aromatic amines is 1. The molecule has 1 aliphatic carbocycles. The Morgan fingerprint density at radius 2 is 2.05 bits per heavy atom. The van der Waals surface area contributed by atoms with Gasteiger partial charge < -0.3 is 10.3 Å². The van der Waals surface area contributed by atoms with E-state index in [1.165, 1.54) is 6.07 Å². The molecule has 0 saturated heterocycles. The van der Waals surface area contributed by atoms with Crippen molar-refractivity contribution in [2.75, 3.05) is 5.32 Å². The Hall–Kier alpha value is -1.62. The molecule has 0 radical (unpaired) electrons. The zero-order valence-corrected chi connectivity index (χ0v) is 12.8. The molecule has 20 heavy (non-hydrogen) atoms. The van der Waals surface area contributed by atoms with Crippen LogP contribution in [0.1, 0.15) is 43.1 Å². The summed E-state index contributed by atoms with van der Waals surface area (Å²) in [6, 6.07) is 9.74. The van der Waals surface area contributed by atoms with Crippen LogP contribution in [0.5, 0.6) is 0 Å². The molecule has 2 aromatic rings. The first-order chi connectivity index (χ1) is 9.61. The minimum Gasteiger partial charge on any atom is -0.363 e. The van der Waals surface area contributed by atoms with Crippen molar-refractivity contribution in [2.24, 2.45) is 0 Å². The molecule has 1 fully saturated rings. The molecule has 5 heteroatoms. The van der Waals surface area contributed by atoms with E-state index in [2.05, 4.69) is 50.3 Å². The van der Waals surface area contributed by atoms with Crippen LogP contribution in [0.3, 0.4) is 0 Å². The van der Waals surface area contributed by atoms with Crippen LogP contribution in [0.4, 0.5) is 5.82 Å². The third kappa shape index (κ3) is 3.10. The summed E-state index contributed by atoms with van der Waals surface area (Å²) in [5.41, 5.74) is 1.07. The Balaban J connectivity index is 1.79. The Morgan fingerprint density at radius 3 is 2.70 bits per heavy atom. The molecule has 1 atom stereocenters. The van der Waals surface area contributed by atoms with Crippen LogP contribution in [0.25, 0.3) is 0 Å². The van der Waals surface area contributed by atoms with E-state index < -0.39 is 0 Å². The molecular weight excluding hydrogens is 318 g/mol. The first-order valence-corrected chi connectivity index (χ1v) is 7.54. The Morgan fingerprint density at radius 1 is 1.35 bits per heavy atom. The minimum atomic E-state index is -0.0904. The van der Waals surface area contributed by atoms with Crippen LogP contribution in [-0.2, 0) is 0 Å². The summed E-state index contributed by atoms with van der Waals surface area (Å²) in [5.74, 6) is 1.89. The van der Waals surface area contributed by atoms with E-state index in [-0.39, 0.29) is 11.6 Å². The van der Waals surface area contributed by atoms with Gasteiger partial charge in [0.15, 0.2) is 0 Å². The number of benzene rings is 1. The number of rotatable bonds is 4. The first-order valence-electron chi connectivity index (χ1n) is 6.75. The third-order valence-electron chi connectivity index (χ3n) is 3.46. The lowest BCUT2D eigenvalue weighted by Gasteiger charge is -2.15. The van der Waals surface area contributed by atoms with Gasteiger partial charge in [-0.3, -0.25) is 4.79 Å². The number of nitrogens with zero attached hydrogens (tertiary/aromatic N) is 1. The highest BCUT2D eigenvalue weighted by atomic mass is 79.9. The smallest absolute Gasteiger partial charge is 0.252 e. The maximum atomic E-state index is 11.7. The number of aromatic nitrogens is 2. The van der Waals surface area contributed by atoms with Crippen LogP contribution in [0, 0.1) is 0 Å². The first kappa shape index (κ1) is 13.4. The van der Waals surface area contributed by atoms with Gasteiger partial charge in [-0.15, -0.1) is 0 Å². The lowest BCUT2D eigenvalue weighted by Crippen LogP contribution is -2.15. The van der Waals surface area contributed by atoms with Gasteiger partial charge >= 0.3 is 0 Å². The van der Waals surface area contributed by atoms with Gasteiger partial charge in [-0.2, -0.15) is 0 Å². The summed E-state index contributed by atoms with van der Waals surface area (Å²) in [5, 5.41) is 3.30. The third-order valence-corrected chi connectivity index (χ3v) is 3.99. The Kier molecular flexibility index (Phi) is 3.61.